The average Bonchev–Trinajstić information content (AvgIpc) is 3.17. The Hall–Kier alpha value is -4.05. The largest absolute Gasteiger partial charge is 0.322 e. The molecule has 10 heteroatoms. The molecule has 0 atom stereocenters. The van der Waals surface area contributed by atoms with Crippen LogP contribution in [0.2, 0.25) is 0 Å². The summed E-state index contributed by atoms with van der Waals surface area (Å²) in [7, 11) is -3.85. The van der Waals surface area contributed by atoms with E-state index in [9.17, 15) is 13.2 Å². The quantitative estimate of drug-likeness (QED) is 0.481. The molecule has 0 unspecified atom stereocenters. The maximum atomic E-state index is 12.7. The van der Waals surface area contributed by atoms with Gasteiger partial charge >= 0.3 is 0 Å². The molecule has 1 amide bonds. The molecule has 156 valence electrons. The zero-order valence-corrected chi connectivity index (χ0v) is 17.2. The van der Waals surface area contributed by atoms with E-state index in [0.717, 1.165) is 5.69 Å². The zero-order chi connectivity index (χ0) is 21.8. The summed E-state index contributed by atoms with van der Waals surface area (Å²) in [6.45, 7) is 1.75. The molecular formula is C21H18N6O3S. The fourth-order valence-electron chi connectivity index (χ4n) is 2.84. The molecule has 0 aliphatic rings. The number of amides is 1. The van der Waals surface area contributed by atoms with Gasteiger partial charge in [0.05, 0.1) is 21.8 Å². The SMILES string of the molecule is Cc1nn(-c2ccccc2)cc1C(=O)Nc1ccc(S(=O)(=O)Nc2ncccn2)cc1. The second-order valence-corrected chi connectivity index (χ2v) is 8.25. The number of rotatable bonds is 6. The summed E-state index contributed by atoms with van der Waals surface area (Å²) in [5.41, 5.74) is 2.29. The van der Waals surface area contributed by atoms with Gasteiger partial charge in [-0.25, -0.2) is 27.8 Å². The van der Waals surface area contributed by atoms with Gasteiger partial charge in [-0.15, -0.1) is 0 Å². The highest BCUT2D eigenvalue weighted by Crippen LogP contribution is 2.18. The molecule has 0 aliphatic heterocycles. The topological polar surface area (TPSA) is 119 Å². The smallest absolute Gasteiger partial charge is 0.264 e. The summed E-state index contributed by atoms with van der Waals surface area (Å²) < 4.78 is 28.8. The average molecular weight is 434 g/mol. The van der Waals surface area contributed by atoms with Crippen molar-refractivity contribution in [1.29, 1.82) is 0 Å². The minimum atomic E-state index is -3.85. The molecule has 9 nitrogen and oxygen atoms in total. The zero-order valence-electron chi connectivity index (χ0n) is 16.4. The molecule has 2 aromatic heterocycles. The number of hydrogen-bond donors (Lipinski definition) is 2. The molecule has 2 heterocycles. The Balaban J connectivity index is 1.48. The third kappa shape index (κ3) is 4.59. The Morgan fingerprint density at radius 3 is 2.29 bits per heavy atom. The second kappa shape index (κ2) is 8.36. The number of nitrogens with zero attached hydrogens (tertiary/aromatic N) is 4. The van der Waals surface area contributed by atoms with Gasteiger partial charge < -0.3 is 5.32 Å². The summed E-state index contributed by atoms with van der Waals surface area (Å²) in [5, 5.41) is 7.15. The lowest BCUT2D eigenvalue weighted by Crippen LogP contribution is -2.15. The number of para-hydroxylation sites is 1. The molecule has 0 saturated carbocycles. The van der Waals surface area contributed by atoms with E-state index >= 15 is 0 Å². The van der Waals surface area contributed by atoms with Crippen molar-refractivity contribution in [2.24, 2.45) is 0 Å². The van der Waals surface area contributed by atoms with Crippen LogP contribution in [-0.2, 0) is 10.0 Å². The van der Waals surface area contributed by atoms with Gasteiger partial charge in [0.2, 0.25) is 5.95 Å². The fraction of sp³-hybridized carbons (Fsp3) is 0.0476. The van der Waals surface area contributed by atoms with E-state index in [4.69, 9.17) is 0 Å². The van der Waals surface area contributed by atoms with E-state index in [2.05, 4.69) is 25.1 Å². The predicted octanol–water partition coefficient (Wildman–Crippen LogP) is 3.02. The van der Waals surface area contributed by atoms with Gasteiger partial charge in [0.1, 0.15) is 0 Å². The van der Waals surface area contributed by atoms with Gasteiger partial charge in [-0.05, 0) is 49.4 Å². The van der Waals surface area contributed by atoms with Gasteiger partial charge in [-0.2, -0.15) is 5.10 Å². The molecule has 0 spiro atoms. The van der Waals surface area contributed by atoms with Crippen LogP contribution >= 0.6 is 0 Å². The minimum absolute atomic E-state index is 0.0195. The first-order valence-electron chi connectivity index (χ1n) is 9.25. The van der Waals surface area contributed by atoms with Crippen molar-refractivity contribution in [3.05, 3.63) is 90.5 Å². The lowest BCUT2D eigenvalue weighted by atomic mass is 10.2. The van der Waals surface area contributed by atoms with Crippen molar-refractivity contribution >= 4 is 27.6 Å². The maximum absolute atomic E-state index is 12.7. The Morgan fingerprint density at radius 2 is 1.61 bits per heavy atom. The summed E-state index contributed by atoms with van der Waals surface area (Å²) in [5.74, 6) is -0.364. The number of nitrogens with one attached hydrogen (secondary N) is 2. The van der Waals surface area contributed by atoms with E-state index in [1.165, 1.54) is 36.7 Å². The van der Waals surface area contributed by atoms with Crippen molar-refractivity contribution in [3.8, 4) is 5.69 Å². The normalized spacial score (nSPS) is 11.1. The summed E-state index contributed by atoms with van der Waals surface area (Å²) >= 11 is 0. The van der Waals surface area contributed by atoms with Crippen LogP contribution in [0.5, 0.6) is 0 Å². The van der Waals surface area contributed by atoms with Gasteiger partial charge in [-0.3, -0.25) is 4.79 Å². The maximum Gasteiger partial charge on any atom is 0.264 e. The molecular weight excluding hydrogens is 416 g/mol. The number of aryl methyl sites for hydroxylation is 1. The highest BCUT2D eigenvalue weighted by Gasteiger charge is 2.17. The molecule has 2 aromatic carbocycles. The summed E-state index contributed by atoms with van der Waals surface area (Å²) in [6, 6.07) is 16.8. The van der Waals surface area contributed by atoms with Crippen LogP contribution in [0.1, 0.15) is 16.1 Å². The number of benzene rings is 2. The monoisotopic (exact) mass is 434 g/mol. The molecule has 31 heavy (non-hydrogen) atoms. The van der Waals surface area contributed by atoms with Crippen molar-refractivity contribution in [3.63, 3.8) is 0 Å². The fourth-order valence-corrected chi connectivity index (χ4v) is 3.80. The first-order chi connectivity index (χ1) is 14.9. The molecule has 2 N–H and O–H groups in total. The van der Waals surface area contributed by atoms with Gasteiger partial charge in [-0.1, -0.05) is 18.2 Å². The van der Waals surface area contributed by atoms with E-state index in [0.29, 0.717) is 16.9 Å². The molecule has 0 aliphatic carbocycles. The summed E-state index contributed by atoms with van der Waals surface area (Å²) in [6.07, 6.45) is 4.53. The Kier molecular flexibility index (Phi) is 5.46. The molecule has 0 bridgehead atoms. The van der Waals surface area contributed by atoms with Crippen LogP contribution in [0.3, 0.4) is 0 Å². The highest BCUT2D eigenvalue weighted by atomic mass is 32.2. The Bertz CT molecular complexity index is 1300. The molecule has 0 saturated heterocycles. The van der Waals surface area contributed by atoms with Crippen LogP contribution < -0.4 is 10.0 Å². The number of anilines is 2. The number of carbonyl (C=O) groups excluding carboxylic acids is 1. The molecule has 4 rings (SSSR count). The lowest BCUT2D eigenvalue weighted by molar-refractivity contribution is 0.102. The van der Waals surface area contributed by atoms with Gasteiger partial charge in [0.15, 0.2) is 0 Å². The number of sulfonamides is 1. The third-order valence-corrected chi connectivity index (χ3v) is 5.72. The first kappa shape index (κ1) is 20.2. The van der Waals surface area contributed by atoms with E-state index < -0.39 is 10.0 Å². The van der Waals surface area contributed by atoms with Gasteiger partial charge in [0.25, 0.3) is 15.9 Å². The van der Waals surface area contributed by atoms with Crippen LogP contribution in [0.15, 0.2) is 84.1 Å². The van der Waals surface area contributed by atoms with E-state index in [1.807, 2.05) is 30.3 Å². The van der Waals surface area contributed by atoms with Crippen molar-refractivity contribution < 1.29 is 13.2 Å². The van der Waals surface area contributed by atoms with Crippen molar-refractivity contribution in [2.45, 2.75) is 11.8 Å². The van der Waals surface area contributed by atoms with E-state index in [1.54, 1.807) is 23.9 Å². The first-order valence-corrected chi connectivity index (χ1v) is 10.7. The van der Waals surface area contributed by atoms with Crippen molar-refractivity contribution in [2.75, 3.05) is 10.0 Å². The van der Waals surface area contributed by atoms with Crippen molar-refractivity contribution in [1.82, 2.24) is 19.7 Å². The third-order valence-electron chi connectivity index (χ3n) is 4.38. The van der Waals surface area contributed by atoms with Crippen LogP contribution in [0.25, 0.3) is 5.69 Å². The Morgan fingerprint density at radius 1 is 0.935 bits per heavy atom. The van der Waals surface area contributed by atoms with Gasteiger partial charge in [0, 0.05) is 24.3 Å². The molecule has 4 aromatic rings. The van der Waals surface area contributed by atoms with Crippen LogP contribution in [0.4, 0.5) is 11.6 Å². The highest BCUT2D eigenvalue weighted by molar-refractivity contribution is 7.92. The van der Waals surface area contributed by atoms with Crippen LogP contribution in [0, 0.1) is 6.92 Å². The molecule has 0 fully saturated rings. The number of carbonyl (C=O) groups is 1. The predicted molar refractivity (Wildman–Crippen MR) is 116 cm³/mol. The second-order valence-electron chi connectivity index (χ2n) is 6.56. The number of hydrogen-bond acceptors (Lipinski definition) is 6. The molecule has 0 radical (unpaired) electrons. The van der Waals surface area contributed by atoms with Crippen LogP contribution in [-0.4, -0.2) is 34.1 Å². The lowest BCUT2D eigenvalue weighted by Gasteiger charge is -2.08. The number of aromatic nitrogens is 4. The summed E-state index contributed by atoms with van der Waals surface area (Å²) in [4.78, 5) is 20.4. The minimum Gasteiger partial charge on any atom is -0.322 e. The van der Waals surface area contributed by atoms with E-state index in [-0.39, 0.29) is 16.8 Å². The standard InChI is InChI=1S/C21H18N6O3S/c1-15-19(14-27(25-15)17-6-3-2-4-7-17)20(28)24-16-8-10-18(11-9-16)31(29,30)26-21-22-12-5-13-23-21/h2-14H,1H3,(H,24,28)(H,22,23,26). The Labute approximate surface area is 178 Å².